The molecule has 0 bridgehead atoms. The van der Waals surface area contributed by atoms with E-state index in [1.807, 2.05) is 0 Å². The maximum atomic E-state index is 15.4. The van der Waals surface area contributed by atoms with Crippen LogP contribution < -0.4 is 22.0 Å². The molecule has 1 spiro atoms. The van der Waals surface area contributed by atoms with Crippen LogP contribution in [0.15, 0.2) is 68.6 Å². The number of furan rings is 1. The van der Waals surface area contributed by atoms with Crippen molar-refractivity contribution in [2.24, 2.45) is 0 Å². The highest BCUT2D eigenvalue weighted by Gasteiger charge is 2.48. The standard InChI is InChI=1S/C39H41F7N6O8/c1-36(2,3)52(35(56)57)28(22-7-5-8-23(17-22)47-33(54)48-58-4)20-51-32(53)31-29(50(34(51)55)19-25-26(38(41,42)43)9-6-10-27(25)40)21-59-37(31)13-15-49(16-14-37)18-24-11-12-30(60-24)39(44,45)46/h5-12,17,28H,13-16,18-21H2,1-4H3,(H,56,57)(H2,47,48,54). The second kappa shape index (κ2) is 16.4. The molecule has 60 heavy (non-hydrogen) atoms. The number of fused-ring (bicyclic) bond motifs is 2. The summed E-state index contributed by atoms with van der Waals surface area (Å²) < 4.78 is 111. The summed E-state index contributed by atoms with van der Waals surface area (Å²) in [7, 11) is 1.20. The molecule has 6 rings (SSSR count). The Balaban J connectivity index is 1.49. The number of urea groups is 1. The van der Waals surface area contributed by atoms with Gasteiger partial charge in [0.25, 0.3) is 5.56 Å². The smallest absolute Gasteiger partial charge is 0.449 e. The van der Waals surface area contributed by atoms with E-state index in [1.165, 1.54) is 37.4 Å². The monoisotopic (exact) mass is 854 g/mol. The van der Waals surface area contributed by atoms with Crippen molar-refractivity contribution in [3.63, 3.8) is 0 Å². The molecule has 2 aromatic heterocycles. The molecule has 2 aliphatic rings. The minimum absolute atomic E-state index is 0.0269. The number of hydrogen-bond donors (Lipinski definition) is 3. The summed E-state index contributed by atoms with van der Waals surface area (Å²) in [4.78, 5) is 62.1. The lowest BCUT2D eigenvalue weighted by Gasteiger charge is -2.40. The van der Waals surface area contributed by atoms with E-state index in [2.05, 4.69) is 15.6 Å². The zero-order valence-electron chi connectivity index (χ0n) is 32.7. The van der Waals surface area contributed by atoms with E-state index < -0.39 is 95.3 Å². The Morgan fingerprint density at radius 2 is 1.63 bits per heavy atom. The Bertz CT molecular complexity index is 2380. The summed E-state index contributed by atoms with van der Waals surface area (Å²) in [5.74, 6) is -2.42. The molecule has 0 saturated carbocycles. The summed E-state index contributed by atoms with van der Waals surface area (Å²) in [5.41, 5.74) is -4.79. The van der Waals surface area contributed by atoms with Gasteiger partial charge in [-0.1, -0.05) is 18.2 Å². The maximum Gasteiger partial charge on any atom is 0.449 e. The number of nitrogens with one attached hydrogen (secondary N) is 2. The Morgan fingerprint density at radius 1 is 0.950 bits per heavy atom. The molecule has 2 aromatic carbocycles. The lowest BCUT2D eigenvalue weighted by molar-refractivity contribution is -0.153. The fraction of sp³-hybridized carbons (Fsp3) is 0.436. The molecule has 14 nitrogen and oxygen atoms in total. The van der Waals surface area contributed by atoms with Crippen molar-refractivity contribution in [3.8, 4) is 0 Å². The van der Waals surface area contributed by atoms with E-state index in [1.54, 1.807) is 25.7 Å². The molecule has 0 aliphatic carbocycles. The van der Waals surface area contributed by atoms with Crippen LogP contribution in [-0.4, -0.2) is 61.9 Å². The lowest BCUT2D eigenvalue weighted by atomic mass is 9.85. The number of aromatic nitrogens is 2. The van der Waals surface area contributed by atoms with Gasteiger partial charge in [0.1, 0.15) is 17.2 Å². The SMILES string of the molecule is CONC(=O)Nc1cccc(C(Cn2c(=O)c3c(n(Cc4c(F)cccc4C(F)(F)F)c2=O)COC32CCN(Cc3ccc(C(F)(F)F)o3)CC2)N(C(=O)O)C(C)(C)C)c1. The van der Waals surface area contributed by atoms with E-state index in [9.17, 15) is 50.6 Å². The number of ether oxygens (including phenoxy) is 1. The topological polar surface area (TPSA) is 161 Å². The van der Waals surface area contributed by atoms with Crippen LogP contribution in [0.2, 0.25) is 0 Å². The van der Waals surface area contributed by atoms with E-state index in [4.69, 9.17) is 9.15 Å². The molecule has 0 radical (unpaired) electrons. The number of piperidine rings is 1. The molecule has 1 atom stereocenters. The van der Waals surface area contributed by atoms with Gasteiger partial charge in [-0.05, 0) is 75.6 Å². The van der Waals surface area contributed by atoms with Crippen LogP contribution in [0.1, 0.15) is 79.1 Å². The summed E-state index contributed by atoms with van der Waals surface area (Å²) in [6.45, 7) is 2.81. The fourth-order valence-corrected chi connectivity index (χ4v) is 7.87. The van der Waals surface area contributed by atoms with Crippen molar-refractivity contribution in [1.29, 1.82) is 0 Å². The van der Waals surface area contributed by atoms with Crippen LogP contribution in [0.5, 0.6) is 0 Å². The van der Waals surface area contributed by atoms with Crippen molar-refractivity contribution in [3.05, 3.63) is 121 Å². The van der Waals surface area contributed by atoms with E-state index in [0.29, 0.717) is 10.6 Å². The molecule has 4 heterocycles. The molecule has 3 amide bonds. The number of hydrogen-bond acceptors (Lipinski definition) is 8. The summed E-state index contributed by atoms with van der Waals surface area (Å²) in [6.07, 6.45) is -11.1. The predicted molar refractivity (Wildman–Crippen MR) is 198 cm³/mol. The number of carbonyl (C=O) groups is 2. The summed E-state index contributed by atoms with van der Waals surface area (Å²) in [6, 6.07) is 8.04. The first-order valence-corrected chi connectivity index (χ1v) is 18.5. The zero-order chi connectivity index (χ0) is 43.9. The minimum atomic E-state index is -5.04. The number of nitrogens with zero attached hydrogens (tertiary/aromatic N) is 4. The number of carbonyl (C=O) groups excluding carboxylic acids is 1. The first-order valence-electron chi connectivity index (χ1n) is 18.5. The normalized spacial score (nSPS) is 16.1. The number of anilines is 1. The van der Waals surface area contributed by atoms with Crippen molar-refractivity contribution in [1.82, 2.24) is 24.4 Å². The number of carboxylic acid groups (broad SMARTS) is 1. The number of rotatable bonds is 10. The average molecular weight is 855 g/mol. The van der Waals surface area contributed by atoms with Gasteiger partial charge in [0.15, 0.2) is 0 Å². The van der Waals surface area contributed by atoms with Crippen LogP contribution in [-0.2, 0) is 53.8 Å². The molecule has 3 N–H and O–H groups in total. The molecule has 4 aromatic rings. The molecule has 1 saturated heterocycles. The van der Waals surface area contributed by atoms with Gasteiger partial charge in [0, 0.05) is 29.9 Å². The molecule has 2 aliphatic heterocycles. The van der Waals surface area contributed by atoms with Crippen molar-refractivity contribution >= 4 is 17.8 Å². The second-order valence-corrected chi connectivity index (χ2v) is 15.4. The van der Waals surface area contributed by atoms with E-state index in [0.717, 1.165) is 27.7 Å². The van der Waals surface area contributed by atoms with Gasteiger partial charge >= 0.3 is 30.2 Å². The number of benzene rings is 2. The summed E-state index contributed by atoms with van der Waals surface area (Å²) in [5, 5.41) is 13.1. The zero-order valence-corrected chi connectivity index (χ0v) is 32.7. The van der Waals surface area contributed by atoms with E-state index in [-0.39, 0.29) is 60.7 Å². The third kappa shape index (κ3) is 8.92. The average Bonchev–Trinajstić information content (AvgIpc) is 3.77. The molecular weight excluding hydrogens is 813 g/mol. The largest absolute Gasteiger partial charge is 0.465 e. The third-order valence-corrected chi connectivity index (χ3v) is 10.5. The highest BCUT2D eigenvalue weighted by atomic mass is 19.4. The Morgan fingerprint density at radius 3 is 2.23 bits per heavy atom. The van der Waals surface area contributed by atoms with Crippen LogP contribution in [0, 0.1) is 5.82 Å². The maximum absolute atomic E-state index is 15.4. The lowest BCUT2D eigenvalue weighted by Crippen LogP contribution is -2.53. The molecule has 1 unspecified atom stereocenters. The predicted octanol–water partition coefficient (Wildman–Crippen LogP) is 7.05. The minimum Gasteiger partial charge on any atom is -0.465 e. The van der Waals surface area contributed by atoms with Crippen LogP contribution >= 0.6 is 0 Å². The number of hydroxylamine groups is 1. The van der Waals surface area contributed by atoms with Crippen LogP contribution in [0.25, 0.3) is 0 Å². The van der Waals surface area contributed by atoms with Crippen LogP contribution in [0.4, 0.5) is 46.0 Å². The Hall–Kier alpha value is -5.67. The quantitative estimate of drug-likeness (QED) is 0.112. The second-order valence-electron chi connectivity index (χ2n) is 15.4. The van der Waals surface area contributed by atoms with Gasteiger partial charge in [0.2, 0.25) is 5.76 Å². The number of alkyl halides is 6. The summed E-state index contributed by atoms with van der Waals surface area (Å²) >= 11 is 0. The number of halogens is 7. The third-order valence-electron chi connectivity index (χ3n) is 10.5. The first kappa shape index (κ1) is 43.9. The van der Waals surface area contributed by atoms with Gasteiger partial charge in [-0.15, -0.1) is 0 Å². The molecule has 324 valence electrons. The molecular formula is C39H41F7N6O8. The van der Waals surface area contributed by atoms with Crippen molar-refractivity contribution in [2.75, 3.05) is 25.5 Å². The van der Waals surface area contributed by atoms with Gasteiger partial charge in [0.05, 0.1) is 56.2 Å². The first-order chi connectivity index (χ1) is 28.0. The number of amides is 3. The molecule has 1 fully saturated rings. The highest BCUT2D eigenvalue weighted by molar-refractivity contribution is 5.88. The van der Waals surface area contributed by atoms with Gasteiger partial charge in [-0.2, -0.15) is 26.3 Å². The fourth-order valence-electron chi connectivity index (χ4n) is 7.87. The Labute approximate surface area is 337 Å². The van der Waals surface area contributed by atoms with Crippen molar-refractivity contribution < 1.29 is 59.4 Å². The van der Waals surface area contributed by atoms with Gasteiger partial charge in [-0.25, -0.2) is 24.3 Å². The van der Waals surface area contributed by atoms with E-state index >= 15 is 4.39 Å². The highest BCUT2D eigenvalue weighted by Crippen LogP contribution is 2.43. The van der Waals surface area contributed by atoms with Gasteiger partial charge < -0.3 is 19.6 Å². The Kier molecular flexibility index (Phi) is 12.0. The van der Waals surface area contributed by atoms with Crippen LogP contribution in [0.3, 0.4) is 0 Å². The molecule has 21 heteroatoms. The van der Waals surface area contributed by atoms with Crippen molar-refractivity contribution in [2.45, 2.75) is 89.4 Å². The number of likely N-dealkylation sites (tertiary alicyclic amines) is 1. The van der Waals surface area contributed by atoms with Gasteiger partial charge in [-0.3, -0.25) is 28.6 Å².